The molecule has 0 aromatic carbocycles. The first-order chi connectivity index (χ1) is 25.3. The van der Waals surface area contributed by atoms with Crippen LogP contribution in [-0.2, 0) is 32.7 Å². The molecule has 53 heavy (non-hydrogen) atoms. The summed E-state index contributed by atoms with van der Waals surface area (Å²) < 4.78 is 33.7. The molecule has 0 aliphatic heterocycles. The van der Waals surface area contributed by atoms with Crippen molar-refractivity contribution < 1.29 is 47.2 Å². The van der Waals surface area contributed by atoms with Gasteiger partial charge in [0.1, 0.15) is 19.8 Å². The molecule has 0 aromatic heterocycles. The van der Waals surface area contributed by atoms with Crippen LogP contribution in [0.1, 0.15) is 149 Å². The molecule has 3 atom stereocenters. The molecule has 0 heterocycles. The third-order valence-electron chi connectivity index (χ3n) is 8.37. The summed E-state index contributed by atoms with van der Waals surface area (Å²) in [5.74, 6) is -0.920. The van der Waals surface area contributed by atoms with Gasteiger partial charge in [-0.15, -0.1) is 0 Å². The van der Waals surface area contributed by atoms with Crippen LogP contribution in [0.4, 0.5) is 0 Å². The van der Waals surface area contributed by atoms with Crippen molar-refractivity contribution in [2.45, 2.75) is 161 Å². The predicted octanol–water partition coefficient (Wildman–Crippen LogP) is 9.47. The highest BCUT2D eigenvalue weighted by Crippen LogP contribution is 2.38. The number of allylic oxidation sites excluding steroid dienone is 8. The maximum atomic E-state index is 12.6. The minimum atomic E-state index is -4.64. The standard InChI is InChI=1S/C42H76NO9P/c1-6-7-8-9-10-11-17-22-25-28-31-34-42(46)52-40(38-51-53(47,48)50-36-35-43(3,4)5)37-49-41(45)33-30-27-24-21-19-16-14-12-13-15-18-20-23-26-29-32-39(2)44/h13-16,20-21,23-24,39-40,44H,6-12,17-19,22,25-38H2,1-5H3/b15-13-,16-14-,23-20-,24-21-/t39-,40-/m1/s1. The summed E-state index contributed by atoms with van der Waals surface area (Å²) in [7, 11) is 1.11. The van der Waals surface area contributed by atoms with Crippen molar-refractivity contribution in [2.75, 3.05) is 47.5 Å². The van der Waals surface area contributed by atoms with Gasteiger partial charge in [-0.2, -0.15) is 0 Å². The molecule has 0 saturated heterocycles. The first-order valence-corrected chi connectivity index (χ1v) is 21.8. The van der Waals surface area contributed by atoms with Gasteiger partial charge in [0.05, 0.1) is 33.9 Å². The van der Waals surface area contributed by atoms with Gasteiger partial charge in [-0.05, 0) is 64.7 Å². The number of aliphatic hydroxyl groups excluding tert-OH is 1. The van der Waals surface area contributed by atoms with E-state index >= 15 is 0 Å². The molecule has 308 valence electrons. The molecular weight excluding hydrogens is 693 g/mol. The number of phosphoric acid groups is 1. The van der Waals surface area contributed by atoms with Crippen molar-refractivity contribution in [3.05, 3.63) is 48.6 Å². The molecule has 0 amide bonds. The fourth-order valence-corrected chi connectivity index (χ4v) is 5.86. The molecule has 0 aromatic rings. The Balaban J connectivity index is 4.48. The van der Waals surface area contributed by atoms with E-state index in [1.54, 1.807) is 0 Å². The quantitative estimate of drug-likeness (QED) is 0.0218. The van der Waals surface area contributed by atoms with Gasteiger partial charge >= 0.3 is 11.9 Å². The first-order valence-electron chi connectivity index (χ1n) is 20.4. The summed E-state index contributed by atoms with van der Waals surface area (Å²) in [4.78, 5) is 37.3. The summed E-state index contributed by atoms with van der Waals surface area (Å²) in [6.07, 6.45) is 35.6. The Bertz CT molecular complexity index is 1070. The number of aliphatic hydroxyl groups is 1. The lowest BCUT2D eigenvalue weighted by Crippen LogP contribution is -2.37. The van der Waals surface area contributed by atoms with Crippen LogP contribution in [0.2, 0.25) is 0 Å². The number of hydrogen-bond donors (Lipinski definition) is 1. The number of esters is 2. The number of hydrogen-bond acceptors (Lipinski definition) is 9. The molecule has 0 bridgehead atoms. The van der Waals surface area contributed by atoms with E-state index in [9.17, 15) is 24.2 Å². The maximum absolute atomic E-state index is 12.6. The van der Waals surface area contributed by atoms with Gasteiger partial charge in [0, 0.05) is 12.8 Å². The Kier molecular flexibility index (Phi) is 33.1. The Labute approximate surface area is 323 Å². The highest BCUT2D eigenvalue weighted by molar-refractivity contribution is 7.45. The van der Waals surface area contributed by atoms with Gasteiger partial charge in [-0.25, -0.2) is 0 Å². The Morgan fingerprint density at radius 3 is 1.70 bits per heavy atom. The van der Waals surface area contributed by atoms with Gasteiger partial charge in [0.15, 0.2) is 6.10 Å². The topological polar surface area (TPSA) is 131 Å². The van der Waals surface area contributed by atoms with Crippen LogP contribution in [0.15, 0.2) is 48.6 Å². The number of unbranched alkanes of at least 4 members (excludes halogenated alkanes) is 12. The summed E-state index contributed by atoms with van der Waals surface area (Å²) in [6, 6.07) is 0. The number of carbonyl (C=O) groups excluding carboxylic acids is 2. The lowest BCUT2D eigenvalue weighted by Gasteiger charge is -2.28. The van der Waals surface area contributed by atoms with Gasteiger partial charge < -0.3 is 33.0 Å². The van der Waals surface area contributed by atoms with Crippen molar-refractivity contribution in [3.8, 4) is 0 Å². The monoisotopic (exact) mass is 770 g/mol. The van der Waals surface area contributed by atoms with E-state index in [4.69, 9.17) is 18.5 Å². The van der Waals surface area contributed by atoms with Crippen LogP contribution in [0.25, 0.3) is 0 Å². The van der Waals surface area contributed by atoms with Crippen molar-refractivity contribution >= 4 is 19.8 Å². The fraction of sp³-hybridized carbons (Fsp3) is 0.762. The average Bonchev–Trinajstić information content (AvgIpc) is 3.08. The van der Waals surface area contributed by atoms with E-state index in [0.717, 1.165) is 64.2 Å². The van der Waals surface area contributed by atoms with Crippen LogP contribution in [0.5, 0.6) is 0 Å². The van der Waals surface area contributed by atoms with E-state index in [2.05, 4.69) is 49.5 Å². The third-order valence-corrected chi connectivity index (χ3v) is 9.33. The summed E-state index contributed by atoms with van der Waals surface area (Å²) in [6.45, 7) is 3.68. The fourth-order valence-electron chi connectivity index (χ4n) is 5.13. The SMILES string of the molecule is CCCCCCCCCCCCCC(=O)O[C@H](COC(=O)CCC/C=C\C/C=C\C/C=C\C/C=C\CCC[C@@H](C)O)COP(=O)([O-])OCC[N+](C)(C)C. The normalized spacial score (nSPS) is 14.8. The second-order valence-corrected chi connectivity index (χ2v) is 16.3. The summed E-state index contributed by atoms with van der Waals surface area (Å²) in [5, 5.41) is 9.26. The van der Waals surface area contributed by atoms with Crippen molar-refractivity contribution in [2.24, 2.45) is 0 Å². The molecule has 0 aliphatic carbocycles. The van der Waals surface area contributed by atoms with E-state index in [0.29, 0.717) is 23.9 Å². The highest BCUT2D eigenvalue weighted by Gasteiger charge is 2.21. The maximum Gasteiger partial charge on any atom is 0.306 e. The number of rotatable bonds is 36. The molecule has 0 fully saturated rings. The van der Waals surface area contributed by atoms with E-state index in [-0.39, 0.29) is 32.2 Å². The molecule has 1 N–H and O–H groups in total. The van der Waals surface area contributed by atoms with Crippen LogP contribution in [0, 0.1) is 0 Å². The predicted molar refractivity (Wildman–Crippen MR) is 214 cm³/mol. The number of phosphoric ester groups is 1. The smallest absolute Gasteiger partial charge is 0.306 e. The molecule has 1 unspecified atom stereocenters. The number of ether oxygens (including phenoxy) is 2. The second-order valence-electron chi connectivity index (χ2n) is 14.9. The van der Waals surface area contributed by atoms with Gasteiger partial charge in [-0.1, -0.05) is 120 Å². The molecule has 0 spiro atoms. The molecule has 11 heteroatoms. The highest BCUT2D eigenvalue weighted by atomic mass is 31.2. The zero-order valence-electron chi connectivity index (χ0n) is 34.1. The number of nitrogens with zero attached hydrogens (tertiary/aromatic N) is 1. The molecule has 0 aliphatic rings. The van der Waals surface area contributed by atoms with Crippen molar-refractivity contribution in [1.29, 1.82) is 0 Å². The van der Waals surface area contributed by atoms with E-state index < -0.39 is 32.5 Å². The van der Waals surface area contributed by atoms with Crippen LogP contribution in [-0.4, -0.2) is 81.2 Å². The molecule has 0 rings (SSSR count). The van der Waals surface area contributed by atoms with Gasteiger partial charge in [0.2, 0.25) is 0 Å². The van der Waals surface area contributed by atoms with Crippen LogP contribution in [0.3, 0.4) is 0 Å². The van der Waals surface area contributed by atoms with E-state index in [1.165, 1.54) is 44.9 Å². The van der Waals surface area contributed by atoms with Gasteiger partial charge in [-0.3, -0.25) is 14.2 Å². The van der Waals surface area contributed by atoms with Gasteiger partial charge in [0.25, 0.3) is 7.82 Å². The molecular formula is C42H76NO9P. The molecule has 10 nitrogen and oxygen atoms in total. The number of likely N-dealkylation sites (N-methyl/N-ethyl adjacent to an activating group) is 1. The Morgan fingerprint density at radius 2 is 1.17 bits per heavy atom. The van der Waals surface area contributed by atoms with E-state index in [1.807, 2.05) is 34.1 Å². The second kappa shape index (κ2) is 34.4. The van der Waals surface area contributed by atoms with Crippen molar-refractivity contribution in [3.63, 3.8) is 0 Å². The lowest BCUT2D eigenvalue weighted by atomic mass is 10.1. The number of quaternary nitrogens is 1. The third kappa shape index (κ3) is 39.4. The molecule has 0 radical (unpaired) electrons. The van der Waals surface area contributed by atoms with Crippen LogP contribution >= 0.6 is 7.82 Å². The summed E-state index contributed by atoms with van der Waals surface area (Å²) >= 11 is 0. The first kappa shape index (κ1) is 50.9. The Morgan fingerprint density at radius 1 is 0.679 bits per heavy atom. The minimum absolute atomic E-state index is 0.0452. The zero-order valence-corrected chi connectivity index (χ0v) is 35.0. The zero-order chi connectivity index (χ0) is 39.5. The Hall–Kier alpha value is -2.07. The largest absolute Gasteiger partial charge is 0.756 e. The summed E-state index contributed by atoms with van der Waals surface area (Å²) in [5.41, 5.74) is 0. The van der Waals surface area contributed by atoms with Crippen LogP contribution < -0.4 is 4.89 Å². The average molecular weight is 770 g/mol. The number of carbonyl (C=O) groups is 2. The lowest BCUT2D eigenvalue weighted by molar-refractivity contribution is -0.870. The van der Waals surface area contributed by atoms with Crippen molar-refractivity contribution in [1.82, 2.24) is 0 Å². The minimum Gasteiger partial charge on any atom is -0.756 e. The molecule has 0 saturated carbocycles.